The summed E-state index contributed by atoms with van der Waals surface area (Å²) in [5, 5.41) is 0.435. The van der Waals surface area contributed by atoms with Gasteiger partial charge in [0.1, 0.15) is 0 Å². The summed E-state index contributed by atoms with van der Waals surface area (Å²) in [5.74, 6) is -0.104. The molecule has 1 aliphatic rings. The fraction of sp³-hybridized carbons (Fsp3) is 0.125. The molecular weight excluding hydrogens is 298 g/mol. The molecule has 0 N–H and O–H groups in total. The van der Waals surface area contributed by atoms with E-state index in [0.717, 1.165) is 5.69 Å². The van der Waals surface area contributed by atoms with Gasteiger partial charge in [-0.1, -0.05) is 36.0 Å². The first kappa shape index (κ1) is 14.5. The molecule has 2 heterocycles. The number of aliphatic imine (C=N–C) groups is 1. The Morgan fingerprint density at radius 2 is 1.95 bits per heavy atom. The number of benzene rings is 1. The molecule has 0 unspecified atom stereocenters. The molecule has 0 saturated carbocycles. The summed E-state index contributed by atoms with van der Waals surface area (Å²) in [6.07, 6.45) is 1.68. The minimum atomic E-state index is -0.344. The molecule has 5 nitrogen and oxygen atoms in total. The minimum absolute atomic E-state index is 0.0599. The zero-order valence-corrected chi connectivity index (χ0v) is 12.5. The van der Waals surface area contributed by atoms with Gasteiger partial charge < -0.3 is 0 Å². The van der Waals surface area contributed by atoms with E-state index < -0.39 is 0 Å². The average Bonchev–Trinajstić information content (AvgIpc) is 2.90. The van der Waals surface area contributed by atoms with E-state index in [2.05, 4.69) is 9.98 Å². The maximum absolute atomic E-state index is 12.2. The summed E-state index contributed by atoms with van der Waals surface area (Å²) in [6.45, 7) is 0.327. The second kappa shape index (κ2) is 6.53. The third-order valence-electron chi connectivity index (χ3n) is 3.12. The molecule has 2 aromatic rings. The van der Waals surface area contributed by atoms with E-state index in [-0.39, 0.29) is 11.8 Å². The molecule has 2 amide bonds. The highest BCUT2D eigenvalue weighted by Gasteiger charge is 2.29. The highest BCUT2D eigenvalue weighted by molar-refractivity contribution is 8.15. The van der Waals surface area contributed by atoms with Gasteiger partial charge in [-0.05, 0) is 24.3 Å². The number of hydrogen-bond acceptors (Lipinski definition) is 4. The molecule has 0 atom stereocenters. The first-order valence-corrected chi connectivity index (χ1v) is 7.74. The molecule has 0 spiro atoms. The Morgan fingerprint density at radius 1 is 1.18 bits per heavy atom. The summed E-state index contributed by atoms with van der Waals surface area (Å²) in [4.78, 5) is 33.9. The van der Waals surface area contributed by atoms with Crippen LogP contribution in [0.15, 0.2) is 59.7 Å². The van der Waals surface area contributed by atoms with Gasteiger partial charge in [0.15, 0.2) is 5.17 Å². The van der Waals surface area contributed by atoms with Crippen LogP contribution in [0.4, 0.5) is 0 Å². The van der Waals surface area contributed by atoms with Gasteiger partial charge in [0.2, 0.25) is 5.91 Å². The summed E-state index contributed by atoms with van der Waals surface area (Å²) in [6, 6.07) is 14.3. The summed E-state index contributed by atoms with van der Waals surface area (Å²) < 4.78 is 0. The van der Waals surface area contributed by atoms with Crippen molar-refractivity contribution in [2.45, 2.75) is 6.54 Å². The van der Waals surface area contributed by atoms with Crippen molar-refractivity contribution in [1.82, 2.24) is 9.88 Å². The Balaban J connectivity index is 1.81. The van der Waals surface area contributed by atoms with Crippen molar-refractivity contribution >= 4 is 28.7 Å². The predicted octanol–water partition coefficient (Wildman–Crippen LogP) is 2.35. The lowest BCUT2D eigenvalue weighted by Gasteiger charge is -2.15. The smallest absolute Gasteiger partial charge is 0.279 e. The van der Waals surface area contributed by atoms with Crippen LogP contribution in [0.1, 0.15) is 16.1 Å². The molecule has 1 aliphatic heterocycles. The fourth-order valence-corrected chi connectivity index (χ4v) is 2.90. The summed E-state index contributed by atoms with van der Waals surface area (Å²) in [7, 11) is 0. The standard InChI is InChI=1S/C16H13N3O2S/c20-14-11-22-16(18-15(21)12-6-2-1-3-7-12)19(14)10-13-8-4-5-9-17-13/h1-9H,10-11H2. The monoisotopic (exact) mass is 311 g/mol. The number of thioether (sulfide) groups is 1. The molecule has 1 aromatic heterocycles. The number of pyridine rings is 1. The number of amidine groups is 1. The van der Waals surface area contributed by atoms with Crippen LogP contribution < -0.4 is 0 Å². The van der Waals surface area contributed by atoms with Crippen LogP contribution in [0.25, 0.3) is 0 Å². The van der Waals surface area contributed by atoms with Crippen molar-refractivity contribution in [3.05, 3.63) is 66.0 Å². The topological polar surface area (TPSA) is 62.6 Å². The zero-order chi connectivity index (χ0) is 15.4. The Hall–Kier alpha value is -2.47. The second-order valence-electron chi connectivity index (χ2n) is 4.66. The Kier molecular flexibility index (Phi) is 4.29. The Labute approximate surface area is 132 Å². The molecule has 0 bridgehead atoms. The van der Waals surface area contributed by atoms with E-state index in [0.29, 0.717) is 23.0 Å². The third kappa shape index (κ3) is 3.23. The summed E-state index contributed by atoms with van der Waals surface area (Å²) in [5.41, 5.74) is 1.27. The van der Waals surface area contributed by atoms with Crippen LogP contribution in [0.2, 0.25) is 0 Å². The highest BCUT2D eigenvalue weighted by Crippen LogP contribution is 2.22. The van der Waals surface area contributed by atoms with E-state index in [9.17, 15) is 9.59 Å². The predicted molar refractivity (Wildman–Crippen MR) is 85.5 cm³/mol. The minimum Gasteiger partial charge on any atom is -0.284 e. The Bertz CT molecular complexity index is 717. The van der Waals surface area contributed by atoms with E-state index in [4.69, 9.17) is 0 Å². The van der Waals surface area contributed by atoms with Crippen LogP contribution in [0, 0.1) is 0 Å². The van der Waals surface area contributed by atoms with Crippen LogP contribution >= 0.6 is 11.8 Å². The van der Waals surface area contributed by atoms with Crippen molar-refractivity contribution in [2.24, 2.45) is 4.99 Å². The fourth-order valence-electron chi connectivity index (χ4n) is 2.02. The van der Waals surface area contributed by atoms with Gasteiger partial charge >= 0.3 is 0 Å². The molecule has 1 fully saturated rings. The number of aromatic nitrogens is 1. The number of nitrogens with zero attached hydrogens (tertiary/aromatic N) is 3. The van der Waals surface area contributed by atoms with Gasteiger partial charge in [-0.3, -0.25) is 19.5 Å². The number of amides is 2. The maximum atomic E-state index is 12.2. The number of rotatable bonds is 3. The van der Waals surface area contributed by atoms with Crippen LogP contribution in [0.5, 0.6) is 0 Å². The van der Waals surface area contributed by atoms with Gasteiger partial charge in [-0.2, -0.15) is 4.99 Å². The molecule has 6 heteroatoms. The van der Waals surface area contributed by atoms with Crippen LogP contribution in [-0.2, 0) is 11.3 Å². The summed E-state index contributed by atoms with van der Waals surface area (Å²) >= 11 is 1.28. The van der Waals surface area contributed by atoms with Crippen molar-refractivity contribution in [3.8, 4) is 0 Å². The lowest BCUT2D eigenvalue weighted by molar-refractivity contribution is -0.124. The van der Waals surface area contributed by atoms with Crippen molar-refractivity contribution in [1.29, 1.82) is 0 Å². The van der Waals surface area contributed by atoms with Crippen LogP contribution in [0.3, 0.4) is 0 Å². The quantitative estimate of drug-likeness (QED) is 0.873. The average molecular weight is 311 g/mol. The molecule has 3 rings (SSSR count). The van der Waals surface area contributed by atoms with Crippen LogP contribution in [-0.4, -0.2) is 32.6 Å². The molecular formula is C16H13N3O2S. The number of hydrogen-bond donors (Lipinski definition) is 0. The first-order valence-electron chi connectivity index (χ1n) is 6.75. The molecule has 1 aromatic carbocycles. The molecule has 22 heavy (non-hydrogen) atoms. The zero-order valence-electron chi connectivity index (χ0n) is 11.7. The van der Waals surface area contributed by atoms with E-state index in [1.54, 1.807) is 30.5 Å². The molecule has 0 aliphatic carbocycles. The van der Waals surface area contributed by atoms with E-state index >= 15 is 0 Å². The van der Waals surface area contributed by atoms with Gasteiger partial charge in [0.25, 0.3) is 5.91 Å². The Morgan fingerprint density at radius 3 is 2.68 bits per heavy atom. The maximum Gasteiger partial charge on any atom is 0.279 e. The third-order valence-corrected chi connectivity index (χ3v) is 4.08. The number of carbonyl (C=O) groups is 2. The first-order chi connectivity index (χ1) is 10.7. The molecule has 1 saturated heterocycles. The largest absolute Gasteiger partial charge is 0.284 e. The van der Waals surface area contributed by atoms with Crippen molar-refractivity contribution in [3.63, 3.8) is 0 Å². The van der Waals surface area contributed by atoms with E-state index in [1.165, 1.54) is 16.7 Å². The lowest BCUT2D eigenvalue weighted by Crippen LogP contribution is -2.29. The van der Waals surface area contributed by atoms with Crippen molar-refractivity contribution in [2.75, 3.05) is 5.75 Å². The molecule has 110 valence electrons. The lowest BCUT2D eigenvalue weighted by atomic mass is 10.2. The van der Waals surface area contributed by atoms with E-state index in [1.807, 2.05) is 24.3 Å². The second-order valence-corrected chi connectivity index (χ2v) is 5.60. The van der Waals surface area contributed by atoms with Crippen molar-refractivity contribution < 1.29 is 9.59 Å². The molecule has 0 radical (unpaired) electrons. The normalized spacial score (nSPS) is 16.3. The van der Waals surface area contributed by atoms with Gasteiger partial charge in [-0.15, -0.1) is 0 Å². The van der Waals surface area contributed by atoms with Gasteiger partial charge in [0, 0.05) is 11.8 Å². The number of carbonyl (C=O) groups excluding carboxylic acids is 2. The van der Waals surface area contributed by atoms with Gasteiger partial charge in [0.05, 0.1) is 18.0 Å². The van der Waals surface area contributed by atoms with Gasteiger partial charge in [-0.25, -0.2) is 0 Å². The highest BCUT2D eigenvalue weighted by atomic mass is 32.2. The SMILES string of the molecule is O=C(N=C1SCC(=O)N1Cc1ccccn1)c1ccccc1.